The van der Waals surface area contributed by atoms with Crippen molar-refractivity contribution in [1.29, 1.82) is 0 Å². The Kier molecular flexibility index (Phi) is 4.39. The van der Waals surface area contributed by atoms with Gasteiger partial charge in [0.05, 0.1) is 5.92 Å². The highest BCUT2D eigenvalue weighted by Gasteiger charge is 2.37. The molecule has 8 nitrogen and oxygen atoms in total. The summed E-state index contributed by atoms with van der Waals surface area (Å²) in [6, 6.07) is 13.0. The number of hydrogen-bond acceptors (Lipinski definition) is 7. The van der Waals surface area contributed by atoms with E-state index in [0.29, 0.717) is 36.0 Å². The van der Waals surface area contributed by atoms with Gasteiger partial charge in [-0.3, -0.25) is 9.59 Å². The van der Waals surface area contributed by atoms with Gasteiger partial charge in [0.2, 0.25) is 5.91 Å². The maximum atomic E-state index is 12.6. The first-order chi connectivity index (χ1) is 14.6. The third kappa shape index (κ3) is 3.36. The molecule has 0 N–H and O–H groups in total. The van der Waals surface area contributed by atoms with E-state index < -0.39 is 17.5 Å². The molecule has 8 heteroatoms. The van der Waals surface area contributed by atoms with Crippen LogP contribution in [0.2, 0.25) is 0 Å². The van der Waals surface area contributed by atoms with Crippen LogP contribution in [0.25, 0.3) is 11.0 Å². The lowest BCUT2D eigenvalue weighted by molar-refractivity contribution is -0.139. The summed E-state index contributed by atoms with van der Waals surface area (Å²) in [5.74, 6) is 0.182. The summed E-state index contributed by atoms with van der Waals surface area (Å²) in [6.07, 6.45) is 0.0515. The molecular weight excluding hydrogens is 390 g/mol. The molecule has 152 valence electrons. The fourth-order valence-corrected chi connectivity index (χ4v) is 3.62. The van der Waals surface area contributed by atoms with Crippen LogP contribution in [0.3, 0.4) is 0 Å². The van der Waals surface area contributed by atoms with Crippen molar-refractivity contribution in [3.8, 4) is 17.2 Å². The second kappa shape index (κ2) is 7.22. The fourth-order valence-electron chi connectivity index (χ4n) is 3.62. The lowest BCUT2D eigenvalue weighted by Crippen LogP contribution is -2.27. The van der Waals surface area contributed by atoms with Crippen molar-refractivity contribution in [1.82, 2.24) is 0 Å². The molecule has 3 heterocycles. The summed E-state index contributed by atoms with van der Waals surface area (Å²) in [5, 5.41) is 0.718. The number of ether oxygens (including phenoxy) is 3. The van der Waals surface area contributed by atoms with Crippen LogP contribution in [0.4, 0.5) is 5.69 Å². The first-order valence-electron chi connectivity index (χ1n) is 9.52. The Morgan fingerprint density at radius 1 is 0.967 bits per heavy atom. The van der Waals surface area contributed by atoms with Gasteiger partial charge < -0.3 is 23.5 Å². The number of nitrogens with zero attached hydrogens (tertiary/aromatic N) is 1. The monoisotopic (exact) mass is 407 g/mol. The van der Waals surface area contributed by atoms with Gasteiger partial charge in [0, 0.05) is 42.2 Å². The number of fused-ring (bicyclic) bond motifs is 2. The van der Waals surface area contributed by atoms with Crippen LogP contribution >= 0.6 is 0 Å². The van der Waals surface area contributed by atoms with E-state index in [2.05, 4.69) is 0 Å². The minimum Gasteiger partial charge on any atom is -0.486 e. The van der Waals surface area contributed by atoms with Crippen molar-refractivity contribution >= 4 is 28.5 Å². The van der Waals surface area contributed by atoms with Gasteiger partial charge in [0.1, 0.15) is 24.5 Å². The van der Waals surface area contributed by atoms with E-state index in [1.165, 1.54) is 12.1 Å². The number of amides is 1. The Hall–Kier alpha value is -3.81. The minimum atomic E-state index is -0.607. The third-order valence-corrected chi connectivity index (χ3v) is 5.11. The lowest BCUT2D eigenvalue weighted by Gasteiger charge is -2.22. The zero-order chi connectivity index (χ0) is 20.7. The van der Waals surface area contributed by atoms with Crippen molar-refractivity contribution in [2.45, 2.75) is 6.42 Å². The minimum absolute atomic E-state index is 0.0515. The molecule has 1 atom stereocenters. The summed E-state index contributed by atoms with van der Waals surface area (Å²) in [5.41, 5.74) is 0.489. The van der Waals surface area contributed by atoms with E-state index in [-0.39, 0.29) is 24.6 Å². The van der Waals surface area contributed by atoms with Crippen LogP contribution in [0.15, 0.2) is 57.7 Å². The van der Waals surface area contributed by atoms with Crippen LogP contribution in [0, 0.1) is 5.92 Å². The van der Waals surface area contributed by atoms with E-state index in [9.17, 15) is 14.4 Å². The Morgan fingerprint density at radius 2 is 1.77 bits per heavy atom. The number of anilines is 1. The molecule has 0 saturated carbocycles. The Bertz CT molecular complexity index is 1220. The zero-order valence-corrected chi connectivity index (χ0v) is 15.8. The third-order valence-electron chi connectivity index (χ3n) is 5.11. The van der Waals surface area contributed by atoms with Crippen LogP contribution in [0.5, 0.6) is 17.2 Å². The molecule has 3 aromatic rings. The Morgan fingerprint density at radius 3 is 2.63 bits per heavy atom. The van der Waals surface area contributed by atoms with Gasteiger partial charge in [0.25, 0.3) is 0 Å². The lowest BCUT2D eigenvalue weighted by atomic mass is 10.1. The molecule has 0 unspecified atom stereocenters. The molecule has 0 bridgehead atoms. The normalized spacial score (nSPS) is 17.9. The fraction of sp³-hybridized carbons (Fsp3) is 0.227. The molecule has 0 radical (unpaired) electrons. The average molecular weight is 407 g/mol. The Balaban J connectivity index is 1.31. The van der Waals surface area contributed by atoms with Crippen molar-refractivity contribution in [2.24, 2.45) is 5.92 Å². The molecule has 1 aromatic heterocycles. The highest BCUT2D eigenvalue weighted by molar-refractivity contribution is 6.00. The number of carbonyl (C=O) groups is 2. The molecule has 1 saturated heterocycles. The topological polar surface area (TPSA) is 95.3 Å². The molecular formula is C22H17NO7. The van der Waals surface area contributed by atoms with Crippen molar-refractivity contribution in [2.75, 3.05) is 24.7 Å². The van der Waals surface area contributed by atoms with Gasteiger partial charge in [-0.15, -0.1) is 0 Å². The maximum absolute atomic E-state index is 12.6. The second-order valence-electron chi connectivity index (χ2n) is 7.11. The summed E-state index contributed by atoms with van der Waals surface area (Å²) >= 11 is 0. The maximum Gasteiger partial charge on any atom is 0.336 e. The second-order valence-corrected chi connectivity index (χ2v) is 7.11. The van der Waals surface area contributed by atoms with Gasteiger partial charge in [-0.05, 0) is 30.3 Å². The summed E-state index contributed by atoms with van der Waals surface area (Å²) in [6.45, 7) is 1.15. The molecule has 0 aliphatic carbocycles. The average Bonchev–Trinajstić information content (AvgIpc) is 3.15. The van der Waals surface area contributed by atoms with Crippen molar-refractivity contribution < 1.29 is 28.2 Å². The van der Waals surface area contributed by atoms with E-state index in [1.807, 2.05) is 0 Å². The summed E-state index contributed by atoms with van der Waals surface area (Å²) < 4.78 is 21.6. The van der Waals surface area contributed by atoms with Crippen LogP contribution in [-0.4, -0.2) is 31.6 Å². The number of benzene rings is 2. The van der Waals surface area contributed by atoms with E-state index in [0.717, 1.165) is 5.39 Å². The predicted octanol–water partition coefficient (Wildman–Crippen LogP) is 2.52. The smallest absolute Gasteiger partial charge is 0.336 e. The SMILES string of the molecule is O=C(Oc1ccc2ccc(=O)oc2c1)[C@@H]1CC(=O)N(c2ccc3c(c2)OCCO3)C1. The number of rotatable bonds is 3. The van der Waals surface area contributed by atoms with Gasteiger partial charge >= 0.3 is 11.6 Å². The van der Waals surface area contributed by atoms with Crippen LogP contribution < -0.4 is 24.7 Å². The highest BCUT2D eigenvalue weighted by atomic mass is 16.6. The standard InChI is InChI=1S/C22H17NO7/c24-20-9-14(12-23(20)15-3-5-17-19(10-15)28-8-7-27-17)22(26)29-16-4-1-13-2-6-21(25)30-18(13)11-16/h1-6,10-11,14H,7-9,12H2/t14-/m1/s1. The molecule has 1 amide bonds. The van der Waals surface area contributed by atoms with E-state index in [4.69, 9.17) is 18.6 Å². The van der Waals surface area contributed by atoms with Gasteiger partial charge in [-0.1, -0.05) is 0 Å². The first kappa shape index (κ1) is 18.2. The number of hydrogen-bond donors (Lipinski definition) is 0. The Labute approximate surface area is 170 Å². The van der Waals surface area contributed by atoms with Crippen molar-refractivity contribution in [3.63, 3.8) is 0 Å². The molecule has 2 aliphatic rings. The zero-order valence-electron chi connectivity index (χ0n) is 15.8. The quantitative estimate of drug-likeness (QED) is 0.374. The molecule has 2 aromatic carbocycles. The summed E-state index contributed by atoms with van der Waals surface area (Å²) in [7, 11) is 0. The molecule has 5 rings (SSSR count). The van der Waals surface area contributed by atoms with E-state index >= 15 is 0 Å². The van der Waals surface area contributed by atoms with Gasteiger partial charge in [-0.2, -0.15) is 0 Å². The molecule has 30 heavy (non-hydrogen) atoms. The predicted molar refractivity (Wildman–Crippen MR) is 106 cm³/mol. The number of carbonyl (C=O) groups excluding carboxylic acids is 2. The van der Waals surface area contributed by atoms with Gasteiger partial charge in [-0.25, -0.2) is 4.79 Å². The molecule has 0 spiro atoms. The van der Waals surface area contributed by atoms with E-state index in [1.54, 1.807) is 41.3 Å². The first-order valence-corrected chi connectivity index (χ1v) is 9.52. The number of esters is 1. The summed E-state index contributed by atoms with van der Waals surface area (Å²) in [4.78, 5) is 38.1. The van der Waals surface area contributed by atoms with Crippen molar-refractivity contribution in [3.05, 3.63) is 59.0 Å². The van der Waals surface area contributed by atoms with Crippen LogP contribution in [-0.2, 0) is 9.59 Å². The van der Waals surface area contributed by atoms with Gasteiger partial charge in [0.15, 0.2) is 11.5 Å². The van der Waals surface area contributed by atoms with Crippen LogP contribution in [0.1, 0.15) is 6.42 Å². The molecule has 1 fully saturated rings. The highest BCUT2D eigenvalue weighted by Crippen LogP contribution is 2.36. The molecule has 2 aliphatic heterocycles. The largest absolute Gasteiger partial charge is 0.486 e.